The number of hydrogen-bond acceptors (Lipinski definition) is 6. The van der Waals surface area contributed by atoms with Crippen molar-refractivity contribution < 1.29 is 22.8 Å². The summed E-state index contributed by atoms with van der Waals surface area (Å²) in [5.74, 6) is -1.06. The quantitative estimate of drug-likeness (QED) is 0.208. The maximum Gasteiger partial charge on any atom is 0.416 e. The zero-order chi connectivity index (χ0) is 27.6. The van der Waals surface area contributed by atoms with E-state index in [-0.39, 0.29) is 11.5 Å². The summed E-state index contributed by atoms with van der Waals surface area (Å²) in [6.45, 7) is 1.79. The molecule has 0 spiro atoms. The van der Waals surface area contributed by atoms with Crippen LogP contribution >= 0.6 is 11.3 Å². The van der Waals surface area contributed by atoms with Crippen LogP contribution in [0.25, 0.3) is 10.2 Å². The number of aromatic nitrogens is 2. The second-order valence-corrected chi connectivity index (χ2v) is 9.62. The summed E-state index contributed by atoms with van der Waals surface area (Å²) in [7, 11) is 0. The van der Waals surface area contributed by atoms with Gasteiger partial charge in [-0.15, -0.1) is 0 Å². The number of aryl methyl sites for hydroxylation is 1. The van der Waals surface area contributed by atoms with Gasteiger partial charge in [-0.3, -0.25) is 14.6 Å². The van der Waals surface area contributed by atoms with Gasteiger partial charge >= 0.3 is 6.18 Å². The average Bonchev–Trinajstić information content (AvgIpc) is 3.32. The minimum Gasteiger partial charge on any atom is -0.330 e. The largest absolute Gasteiger partial charge is 0.416 e. The van der Waals surface area contributed by atoms with Crippen LogP contribution in [0.15, 0.2) is 85.2 Å². The minimum absolute atomic E-state index is 0.133. The summed E-state index contributed by atoms with van der Waals surface area (Å²) in [5.41, 5.74) is 2.41. The Morgan fingerprint density at radius 2 is 1.64 bits per heavy atom. The van der Waals surface area contributed by atoms with Crippen LogP contribution in [0, 0.1) is 6.92 Å². The van der Waals surface area contributed by atoms with Gasteiger partial charge in [0, 0.05) is 28.7 Å². The molecule has 11 heteroatoms. The monoisotopic (exact) mass is 547 g/mol. The number of carbonyl (C=O) groups is 2. The first kappa shape index (κ1) is 25.9. The number of carbonyl (C=O) groups excluding carboxylic acids is 2. The van der Waals surface area contributed by atoms with Crippen LogP contribution in [0.3, 0.4) is 0 Å². The molecule has 0 aliphatic heterocycles. The first-order chi connectivity index (χ1) is 18.7. The van der Waals surface area contributed by atoms with E-state index in [2.05, 4.69) is 25.9 Å². The van der Waals surface area contributed by atoms with Crippen molar-refractivity contribution in [3.63, 3.8) is 0 Å². The average molecular weight is 548 g/mol. The highest BCUT2D eigenvalue weighted by Crippen LogP contribution is 2.31. The fraction of sp³-hybridized carbons (Fsp3) is 0.0714. The van der Waals surface area contributed by atoms with Crippen LogP contribution in [0.5, 0.6) is 0 Å². The standard InChI is InChI=1S/C28H20F3N5O2S/c1-16-7-9-20(33-25(37)17-4-2-5-19(12-17)28(29,30)31)14-23(16)35-26(38)18-8-10-22-24(13-18)39-27(36-22)34-21-6-3-11-32-15-21/h2-15H,1H3,(H,33,37)(H,34,36)(H,35,38). The molecule has 0 atom stereocenters. The van der Waals surface area contributed by atoms with Crippen molar-refractivity contribution >= 4 is 55.6 Å². The number of nitrogens with one attached hydrogen (secondary N) is 3. The van der Waals surface area contributed by atoms with E-state index < -0.39 is 17.6 Å². The first-order valence-electron chi connectivity index (χ1n) is 11.6. The van der Waals surface area contributed by atoms with Gasteiger partial charge in [0.15, 0.2) is 5.13 Å². The van der Waals surface area contributed by atoms with Crippen LogP contribution < -0.4 is 16.0 Å². The van der Waals surface area contributed by atoms with E-state index >= 15 is 0 Å². The van der Waals surface area contributed by atoms with Crippen LogP contribution in [-0.4, -0.2) is 21.8 Å². The normalized spacial score (nSPS) is 11.3. The lowest BCUT2D eigenvalue weighted by atomic mass is 10.1. The van der Waals surface area contributed by atoms with Gasteiger partial charge in [0.2, 0.25) is 0 Å². The molecular formula is C28H20F3N5O2S. The zero-order valence-corrected chi connectivity index (χ0v) is 21.2. The third kappa shape index (κ3) is 6.04. The molecule has 0 aliphatic rings. The fourth-order valence-electron chi connectivity index (χ4n) is 3.75. The Bertz CT molecular complexity index is 1690. The summed E-state index contributed by atoms with van der Waals surface area (Å²) in [4.78, 5) is 34.2. The lowest BCUT2D eigenvalue weighted by Gasteiger charge is -2.13. The van der Waals surface area contributed by atoms with Crippen molar-refractivity contribution in [2.24, 2.45) is 0 Å². The lowest BCUT2D eigenvalue weighted by Crippen LogP contribution is -2.15. The number of hydrogen-bond donors (Lipinski definition) is 3. The summed E-state index contributed by atoms with van der Waals surface area (Å²) in [6.07, 6.45) is -1.20. The molecule has 0 unspecified atom stereocenters. The fourth-order valence-corrected chi connectivity index (χ4v) is 4.67. The highest BCUT2D eigenvalue weighted by Gasteiger charge is 2.30. The lowest BCUT2D eigenvalue weighted by molar-refractivity contribution is -0.137. The van der Waals surface area contributed by atoms with Gasteiger partial charge < -0.3 is 16.0 Å². The molecule has 0 radical (unpaired) electrons. The van der Waals surface area contributed by atoms with E-state index in [1.54, 1.807) is 55.7 Å². The number of pyridine rings is 1. The Hall–Kier alpha value is -4.77. The number of fused-ring (bicyclic) bond motifs is 1. The number of halogens is 3. The van der Waals surface area contributed by atoms with Crippen molar-refractivity contribution in [3.05, 3.63) is 107 Å². The number of anilines is 4. The van der Waals surface area contributed by atoms with Crippen LogP contribution in [0.4, 0.5) is 35.4 Å². The van der Waals surface area contributed by atoms with Crippen molar-refractivity contribution in [2.75, 3.05) is 16.0 Å². The van der Waals surface area contributed by atoms with E-state index in [9.17, 15) is 22.8 Å². The van der Waals surface area contributed by atoms with E-state index in [1.165, 1.54) is 23.5 Å². The Balaban J connectivity index is 1.30. The Kier molecular flexibility index (Phi) is 6.99. The molecule has 0 saturated carbocycles. The Labute approximate surface area is 224 Å². The highest BCUT2D eigenvalue weighted by molar-refractivity contribution is 7.22. The predicted octanol–water partition coefficient (Wildman–Crippen LogP) is 7.27. The number of amides is 2. The van der Waals surface area contributed by atoms with Crippen molar-refractivity contribution in [3.8, 4) is 0 Å². The van der Waals surface area contributed by atoms with E-state index in [0.717, 1.165) is 33.6 Å². The molecule has 5 rings (SSSR count). The van der Waals surface area contributed by atoms with Gasteiger partial charge in [-0.2, -0.15) is 13.2 Å². The minimum atomic E-state index is -4.56. The van der Waals surface area contributed by atoms with Crippen LogP contribution in [0.2, 0.25) is 0 Å². The van der Waals surface area contributed by atoms with Gasteiger partial charge in [0.25, 0.3) is 11.8 Å². The third-order valence-corrected chi connectivity index (χ3v) is 6.69. The molecule has 0 fully saturated rings. The molecule has 3 aromatic carbocycles. The number of nitrogens with zero attached hydrogens (tertiary/aromatic N) is 2. The second-order valence-electron chi connectivity index (χ2n) is 8.58. The summed E-state index contributed by atoms with van der Waals surface area (Å²) in [5, 5.41) is 9.28. The summed E-state index contributed by atoms with van der Waals surface area (Å²) >= 11 is 1.39. The molecule has 2 amide bonds. The predicted molar refractivity (Wildman–Crippen MR) is 146 cm³/mol. The van der Waals surface area contributed by atoms with Gasteiger partial charge in [0.05, 0.1) is 27.7 Å². The molecular weight excluding hydrogens is 527 g/mol. The molecule has 3 N–H and O–H groups in total. The number of rotatable bonds is 6. The molecule has 0 saturated heterocycles. The molecule has 0 bridgehead atoms. The van der Waals surface area contributed by atoms with Crippen LogP contribution in [0.1, 0.15) is 31.8 Å². The molecule has 2 aromatic heterocycles. The SMILES string of the molecule is Cc1ccc(NC(=O)c2cccc(C(F)(F)F)c2)cc1NC(=O)c1ccc2nc(Nc3cccnc3)sc2c1. The van der Waals surface area contributed by atoms with Crippen molar-refractivity contribution in [1.82, 2.24) is 9.97 Å². The summed E-state index contributed by atoms with van der Waals surface area (Å²) < 4.78 is 39.9. The van der Waals surface area contributed by atoms with Crippen molar-refractivity contribution in [1.29, 1.82) is 0 Å². The second kappa shape index (κ2) is 10.5. The Morgan fingerprint density at radius 1 is 0.846 bits per heavy atom. The van der Waals surface area contributed by atoms with E-state index in [4.69, 9.17) is 0 Å². The molecule has 5 aromatic rings. The topological polar surface area (TPSA) is 96.0 Å². The molecule has 7 nitrogen and oxygen atoms in total. The number of benzene rings is 3. The summed E-state index contributed by atoms with van der Waals surface area (Å²) in [6, 6.07) is 17.9. The number of alkyl halides is 3. The van der Waals surface area contributed by atoms with Gasteiger partial charge in [-0.05, 0) is 73.2 Å². The highest BCUT2D eigenvalue weighted by atomic mass is 32.1. The third-order valence-electron chi connectivity index (χ3n) is 5.76. The first-order valence-corrected chi connectivity index (χ1v) is 12.5. The van der Waals surface area contributed by atoms with Crippen molar-refractivity contribution in [2.45, 2.75) is 13.1 Å². The van der Waals surface area contributed by atoms with Crippen LogP contribution in [-0.2, 0) is 6.18 Å². The van der Waals surface area contributed by atoms with Gasteiger partial charge in [-0.1, -0.05) is 23.5 Å². The maximum atomic E-state index is 13.0. The smallest absolute Gasteiger partial charge is 0.330 e. The maximum absolute atomic E-state index is 13.0. The number of thiazole rings is 1. The molecule has 196 valence electrons. The molecule has 39 heavy (non-hydrogen) atoms. The molecule has 0 aliphatic carbocycles. The van der Waals surface area contributed by atoms with Gasteiger partial charge in [0.1, 0.15) is 0 Å². The van der Waals surface area contributed by atoms with E-state index in [0.29, 0.717) is 22.1 Å². The molecule has 2 heterocycles. The van der Waals surface area contributed by atoms with Gasteiger partial charge in [-0.25, -0.2) is 4.98 Å². The Morgan fingerprint density at radius 3 is 2.41 bits per heavy atom. The zero-order valence-electron chi connectivity index (χ0n) is 20.3. The van der Waals surface area contributed by atoms with E-state index in [1.807, 2.05) is 12.1 Å².